The first-order valence-electron chi connectivity index (χ1n) is 6.90. The number of benzene rings is 1. The molecule has 22 heavy (non-hydrogen) atoms. The molecule has 1 aliphatic rings. The summed E-state index contributed by atoms with van der Waals surface area (Å²) in [7, 11) is 0. The average Bonchev–Trinajstić information content (AvgIpc) is 2.86. The summed E-state index contributed by atoms with van der Waals surface area (Å²) in [6.07, 6.45) is 0. The molecule has 2 rings (SSSR count). The number of anilines is 1. The predicted octanol–water partition coefficient (Wildman–Crippen LogP) is 1.95. The molecule has 6 nitrogen and oxygen atoms in total. The topological polar surface area (TPSA) is 75.7 Å². The van der Waals surface area contributed by atoms with Gasteiger partial charge in [-0.05, 0) is 31.0 Å². The van der Waals surface area contributed by atoms with Crippen molar-refractivity contribution in [2.24, 2.45) is 0 Å². The van der Waals surface area contributed by atoms with Gasteiger partial charge in [-0.3, -0.25) is 14.4 Å². The molecular formula is C15H18N2O4S. The smallest absolute Gasteiger partial charge is 0.326 e. The highest BCUT2D eigenvalue weighted by Crippen LogP contribution is 2.17. The Bertz CT molecular complexity index is 603. The van der Waals surface area contributed by atoms with Crippen molar-refractivity contribution in [3.63, 3.8) is 0 Å². The summed E-state index contributed by atoms with van der Waals surface area (Å²) in [6.45, 7) is 3.88. The third-order valence-electron chi connectivity index (χ3n) is 3.20. The quantitative estimate of drug-likeness (QED) is 0.839. The lowest BCUT2D eigenvalue weighted by molar-refractivity contribution is -0.147. The van der Waals surface area contributed by atoms with Crippen molar-refractivity contribution in [2.75, 3.05) is 30.8 Å². The van der Waals surface area contributed by atoms with Crippen LogP contribution in [0.3, 0.4) is 0 Å². The van der Waals surface area contributed by atoms with Gasteiger partial charge in [0.2, 0.25) is 0 Å². The van der Waals surface area contributed by atoms with Crippen molar-refractivity contribution in [3.05, 3.63) is 29.3 Å². The van der Waals surface area contributed by atoms with Crippen molar-refractivity contribution >= 4 is 34.6 Å². The standard InChI is InChI=1S/C15H18N2O4S/c1-10-3-4-11(2)12(7-10)16-13(18)9-21-14(19)8-17-5-6-22-15(17)20/h3-4,7H,5-6,8-9H2,1-2H3,(H,16,18). The molecule has 1 N–H and O–H groups in total. The van der Waals surface area contributed by atoms with Crippen LogP contribution in [0.25, 0.3) is 0 Å². The number of carbonyl (C=O) groups is 3. The van der Waals surface area contributed by atoms with Crippen LogP contribution >= 0.6 is 11.8 Å². The fourth-order valence-electron chi connectivity index (χ4n) is 1.97. The predicted molar refractivity (Wildman–Crippen MR) is 84.9 cm³/mol. The maximum atomic E-state index is 11.8. The first-order valence-corrected chi connectivity index (χ1v) is 7.88. The molecule has 1 aliphatic heterocycles. The molecule has 2 amide bonds. The number of nitrogens with zero attached hydrogens (tertiary/aromatic N) is 1. The molecule has 0 bridgehead atoms. The normalized spacial score (nSPS) is 14.1. The molecule has 7 heteroatoms. The number of rotatable bonds is 5. The summed E-state index contributed by atoms with van der Waals surface area (Å²) in [5.41, 5.74) is 2.67. The van der Waals surface area contributed by atoms with E-state index >= 15 is 0 Å². The minimum Gasteiger partial charge on any atom is -0.454 e. The summed E-state index contributed by atoms with van der Waals surface area (Å²) in [4.78, 5) is 36.2. The van der Waals surface area contributed by atoms with Gasteiger partial charge in [0.05, 0.1) is 0 Å². The van der Waals surface area contributed by atoms with Crippen LogP contribution in [0.15, 0.2) is 18.2 Å². The fourth-order valence-corrected chi connectivity index (χ4v) is 2.80. The van der Waals surface area contributed by atoms with Gasteiger partial charge in [0.25, 0.3) is 11.1 Å². The minimum atomic E-state index is -0.577. The first-order chi connectivity index (χ1) is 10.5. The van der Waals surface area contributed by atoms with E-state index in [4.69, 9.17) is 4.74 Å². The van der Waals surface area contributed by atoms with Crippen LogP contribution < -0.4 is 5.32 Å². The number of thioether (sulfide) groups is 1. The monoisotopic (exact) mass is 322 g/mol. The Labute approximate surface area is 133 Å². The van der Waals surface area contributed by atoms with Gasteiger partial charge in [0.1, 0.15) is 6.54 Å². The van der Waals surface area contributed by atoms with Gasteiger partial charge >= 0.3 is 5.97 Å². The third kappa shape index (κ3) is 4.49. The highest BCUT2D eigenvalue weighted by molar-refractivity contribution is 8.13. The van der Waals surface area contributed by atoms with Gasteiger partial charge < -0.3 is 15.0 Å². The minimum absolute atomic E-state index is 0.109. The molecule has 1 heterocycles. The molecule has 1 saturated heterocycles. The molecule has 0 saturated carbocycles. The Kier molecular flexibility index (Phi) is 5.43. The Hall–Kier alpha value is -2.02. The van der Waals surface area contributed by atoms with E-state index in [1.807, 2.05) is 32.0 Å². The average molecular weight is 322 g/mol. The number of hydrogen-bond donors (Lipinski definition) is 1. The van der Waals surface area contributed by atoms with Crippen molar-refractivity contribution in [3.8, 4) is 0 Å². The van der Waals surface area contributed by atoms with Gasteiger partial charge in [0, 0.05) is 18.0 Å². The van der Waals surface area contributed by atoms with Crippen LogP contribution in [0.5, 0.6) is 0 Å². The maximum Gasteiger partial charge on any atom is 0.326 e. The van der Waals surface area contributed by atoms with Gasteiger partial charge in [-0.15, -0.1) is 0 Å². The summed E-state index contributed by atoms with van der Waals surface area (Å²) in [5.74, 6) is -0.296. The van der Waals surface area contributed by atoms with Crippen molar-refractivity contribution in [1.29, 1.82) is 0 Å². The number of hydrogen-bond acceptors (Lipinski definition) is 5. The van der Waals surface area contributed by atoms with E-state index in [0.717, 1.165) is 11.1 Å². The first kappa shape index (κ1) is 16.4. The fraction of sp³-hybridized carbons (Fsp3) is 0.400. The zero-order valence-corrected chi connectivity index (χ0v) is 13.4. The van der Waals surface area contributed by atoms with Crippen LogP contribution in [-0.2, 0) is 14.3 Å². The highest BCUT2D eigenvalue weighted by Gasteiger charge is 2.24. The summed E-state index contributed by atoms with van der Waals surface area (Å²) in [6, 6.07) is 5.72. The lowest BCUT2D eigenvalue weighted by atomic mass is 10.1. The van der Waals surface area contributed by atoms with Crippen LogP contribution in [0.2, 0.25) is 0 Å². The molecule has 0 atom stereocenters. The van der Waals surface area contributed by atoms with Gasteiger partial charge in [-0.2, -0.15) is 0 Å². The molecule has 1 fully saturated rings. The van der Waals surface area contributed by atoms with E-state index in [1.54, 1.807) is 0 Å². The van der Waals surface area contributed by atoms with E-state index in [9.17, 15) is 14.4 Å². The second-order valence-electron chi connectivity index (χ2n) is 5.06. The number of amides is 2. The molecule has 0 radical (unpaired) electrons. The molecule has 118 valence electrons. The van der Waals surface area contributed by atoms with Gasteiger partial charge in [0.15, 0.2) is 6.61 Å². The SMILES string of the molecule is Cc1ccc(C)c(NC(=O)COC(=O)CN2CCSC2=O)c1. The molecule has 1 aromatic rings. The lowest BCUT2D eigenvalue weighted by Gasteiger charge is -2.13. The molecule has 1 aromatic carbocycles. The second kappa shape index (κ2) is 7.31. The summed E-state index contributed by atoms with van der Waals surface area (Å²) >= 11 is 1.18. The van der Waals surface area contributed by atoms with Gasteiger partial charge in [-0.25, -0.2) is 0 Å². The number of esters is 1. The summed E-state index contributed by atoms with van der Waals surface area (Å²) < 4.78 is 4.90. The zero-order valence-electron chi connectivity index (χ0n) is 12.5. The molecule has 0 unspecified atom stereocenters. The Morgan fingerprint density at radius 3 is 2.82 bits per heavy atom. The molecular weight excluding hydrogens is 304 g/mol. The molecule has 0 aromatic heterocycles. The Balaban J connectivity index is 1.78. The van der Waals surface area contributed by atoms with Gasteiger partial charge in [-0.1, -0.05) is 23.9 Å². The Morgan fingerprint density at radius 2 is 2.14 bits per heavy atom. The van der Waals surface area contributed by atoms with Crippen LogP contribution in [0.1, 0.15) is 11.1 Å². The maximum absolute atomic E-state index is 11.8. The molecule has 0 spiro atoms. The van der Waals surface area contributed by atoms with Crippen LogP contribution in [-0.4, -0.2) is 47.5 Å². The number of aryl methyl sites for hydroxylation is 2. The second-order valence-corrected chi connectivity index (χ2v) is 6.11. The third-order valence-corrected chi connectivity index (χ3v) is 4.09. The van der Waals surface area contributed by atoms with E-state index < -0.39 is 11.9 Å². The largest absolute Gasteiger partial charge is 0.454 e. The number of carbonyl (C=O) groups excluding carboxylic acids is 3. The van der Waals surface area contributed by atoms with E-state index in [2.05, 4.69) is 5.32 Å². The van der Waals surface area contributed by atoms with Crippen LogP contribution in [0.4, 0.5) is 10.5 Å². The van der Waals surface area contributed by atoms with Crippen LogP contribution in [0, 0.1) is 13.8 Å². The van der Waals surface area contributed by atoms with E-state index in [0.29, 0.717) is 18.0 Å². The number of nitrogens with one attached hydrogen (secondary N) is 1. The zero-order chi connectivity index (χ0) is 16.1. The summed E-state index contributed by atoms with van der Waals surface area (Å²) in [5, 5.41) is 2.58. The van der Waals surface area contributed by atoms with Crippen molar-refractivity contribution in [1.82, 2.24) is 4.90 Å². The lowest BCUT2D eigenvalue weighted by Crippen LogP contribution is -2.32. The van der Waals surface area contributed by atoms with E-state index in [-0.39, 0.29) is 18.4 Å². The number of ether oxygens (including phenoxy) is 1. The van der Waals surface area contributed by atoms with E-state index in [1.165, 1.54) is 16.7 Å². The highest BCUT2D eigenvalue weighted by atomic mass is 32.2. The molecule has 0 aliphatic carbocycles. The Morgan fingerprint density at radius 1 is 1.36 bits per heavy atom. The van der Waals surface area contributed by atoms with Crippen molar-refractivity contribution < 1.29 is 19.1 Å². The van der Waals surface area contributed by atoms with Crippen molar-refractivity contribution in [2.45, 2.75) is 13.8 Å².